The number of aryl methyl sites for hydroxylation is 2. The van der Waals surface area contributed by atoms with E-state index in [-0.39, 0.29) is 6.04 Å². The molecule has 2 aromatic heterocycles. The van der Waals surface area contributed by atoms with Crippen molar-refractivity contribution in [2.45, 2.75) is 45.6 Å². The van der Waals surface area contributed by atoms with Crippen molar-refractivity contribution in [1.29, 1.82) is 0 Å². The van der Waals surface area contributed by atoms with Gasteiger partial charge in [0.25, 0.3) is 0 Å². The van der Waals surface area contributed by atoms with E-state index in [1.165, 1.54) is 16.4 Å². The molecule has 6 nitrogen and oxygen atoms in total. The predicted octanol–water partition coefficient (Wildman–Crippen LogP) is 1.90. The van der Waals surface area contributed by atoms with E-state index < -0.39 is 0 Å². The summed E-state index contributed by atoms with van der Waals surface area (Å²) in [5, 5.41) is 12.0. The highest BCUT2D eigenvalue weighted by Crippen LogP contribution is 2.24. The molecule has 0 amide bonds. The minimum atomic E-state index is 0.222. The molecule has 0 spiro atoms. The van der Waals surface area contributed by atoms with Gasteiger partial charge in [-0.25, -0.2) is 4.98 Å². The fourth-order valence-electron chi connectivity index (χ4n) is 2.15. The number of rotatable bonds is 8. The van der Waals surface area contributed by atoms with Crippen molar-refractivity contribution < 1.29 is 0 Å². The topological polar surface area (TPSA) is 68.5 Å². The van der Waals surface area contributed by atoms with Crippen LogP contribution in [-0.2, 0) is 19.9 Å². The van der Waals surface area contributed by atoms with Crippen LogP contribution in [0.2, 0.25) is 0 Å². The highest BCUT2D eigenvalue weighted by Gasteiger charge is 2.20. The second-order valence-electron chi connectivity index (χ2n) is 4.84. The van der Waals surface area contributed by atoms with Crippen LogP contribution in [-0.4, -0.2) is 30.9 Å². The normalized spacial score (nSPS) is 12.8. The zero-order valence-corrected chi connectivity index (χ0v) is 13.2. The molecular formula is C13H22N6S. The molecule has 1 unspecified atom stereocenters. The molecule has 0 saturated heterocycles. The van der Waals surface area contributed by atoms with Gasteiger partial charge in [0.1, 0.15) is 12.2 Å². The summed E-state index contributed by atoms with van der Waals surface area (Å²) in [6, 6.07) is 0.222. The Labute approximate surface area is 123 Å². The average molecular weight is 294 g/mol. The molecule has 2 heterocycles. The summed E-state index contributed by atoms with van der Waals surface area (Å²) in [4.78, 5) is 5.56. The van der Waals surface area contributed by atoms with Gasteiger partial charge in [-0.2, -0.15) is 5.10 Å². The molecule has 0 aliphatic rings. The Morgan fingerprint density at radius 3 is 2.85 bits per heavy atom. The lowest BCUT2D eigenvalue weighted by atomic mass is 10.1. The SMILES string of the molecule is CCCNC(Cc1ncnn1C)c1snnc1CCC. The number of hydrogen-bond donors (Lipinski definition) is 1. The Morgan fingerprint density at radius 2 is 2.20 bits per heavy atom. The second kappa shape index (κ2) is 7.44. The quantitative estimate of drug-likeness (QED) is 0.805. The molecule has 2 aromatic rings. The first-order valence-electron chi connectivity index (χ1n) is 7.13. The van der Waals surface area contributed by atoms with Crippen LogP contribution in [0.3, 0.4) is 0 Å². The van der Waals surface area contributed by atoms with Crippen LogP contribution in [0.15, 0.2) is 6.33 Å². The van der Waals surface area contributed by atoms with Crippen molar-refractivity contribution in [1.82, 2.24) is 29.7 Å². The maximum Gasteiger partial charge on any atom is 0.138 e. The van der Waals surface area contributed by atoms with Gasteiger partial charge in [0, 0.05) is 13.5 Å². The maximum absolute atomic E-state index is 4.32. The maximum atomic E-state index is 4.32. The fourth-order valence-corrected chi connectivity index (χ4v) is 2.92. The van der Waals surface area contributed by atoms with Crippen molar-refractivity contribution >= 4 is 11.5 Å². The van der Waals surface area contributed by atoms with Gasteiger partial charge in [-0.1, -0.05) is 24.8 Å². The van der Waals surface area contributed by atoms with E-state index >= 15 is 0 Å². The molecule has 0 bridgehead atoms. The van der Waals surface area contributed by atoms with E-state index in [2.05, 4.69) is 38.8 Å². The van der Waals surface area contributed by atoms with Crippen LogP contribution in [0.1, 0.15) is 49.1 Å². The Balaban J connectivity index is 2.18. The number of hydrogen-bond acceptors (Lipinski definition) is 6. The molecule has 0 aromatic carbocycles. The summed E-state index contributed by atoms with van der Waals surface area (Å²) in [5.41, 5.74) is 1.12. The first-order valence-corrected chi connectivity index (χ1v) is 7.90. The molecule has 0 saturated carbocycles. The largest absolute Gasteiger partial charge is 0.309 e. The lowest BCUT2D eigenvalue weighted by Crippen LogP contribution is -2.25. The smallest absolute Gasteiger partial charge is 0.138 e. The molecular weight excluding hydrogens is 272 g/mol. The third kappa shape index (κ3) is 3.61. The molecule has 2 rings (SSSR count). The van der Waals surface area contributed by atoms with E-state index in [4.69, 9.17) is 0 Å². The van der Waals surface area contributed by atoms with Crippen molar-refractivity contribution in [2.24, 2.45) is 7.05 Å². The average Bonchev–Trinajstić information content (AvgIpc) is 3.05. The van der Waals surface area contributed by atoms with Gasteiger partial charge in [0.05, 0.1) is 16.6 Å². The molecule has 0 aliphatic heterocycles. The highest BCUT2D eigenvalue weighted by atomic mass is 32.1. The zero-order chi connectivity index (χ0) is 14.4. The van der Waals surface area contributed by atoms with E-state index in [0.717, 1.165) is 43.7 Å². The summed E-state index contributed by atoms with van der Waals surface area (Å²) < 4.78 is 5.96. The van der Waals surface area contributed by atoms with Crippen LogP contribution < -0.4 is 5.32 Å². The van der Waals surface area contributed by atoms with Crippen molar-refractivity contribution in [3.8, 4) is 0 Å². The van der Waals surface area contributed by atoms with Gasteiger partial charge in [-0.05, 0) is 30.9 Å². The molecule has 0 radical (unpaired) electrons. The molecule has 20 heavy (non-hydrogen) atoms. The Hall–Kier alpha value is -1.34. The summed E-state index contributed by atoms with van der Waals surface area (Å²) in [6.45, 7) is 5.32. The predicted molar refractivity (Wildman–Crippen MR) is 79.6 cm³/mol. The summed E-state index contributed by atoms with van der Waals surface area (Å²) in [6.07, 6.45) is 5.59. The third-order valence-electron chi connectivity index (χ3n) is 3.22. The zero-order valence-electron chi connectivity index (χ0n) is 12.3. The summed E-state index contributed by atoms with van der Waals surface area (Å²) in [7, 11) is 1.93. The van der Waals surface area contributed by atoms with Gasteiger partial charge in [0.2, 0.25) is 0 Å². The Kier molecular flexibility index (Phi) is 5.60. The molecule has 0 fully saturated rings. The van der Waals surface area contributed by atoms with Crippen molar-refractivity contribution in [2.75, 3.05) is 6.54 Å². The molecule has 1 N–H and O–H groups in total. The van der Waals surface area contributed by atoms with Gasteiger partial charge in [0.15, 0.2) is 0 Å². The molecule has 7 heteroatoms. The number of aromatic nitrogens is 5. The monoisotopic (exact) mass is 294 g/mol. The third-order valence-corrected chi connectivity index (χ3v) is 4.10. The van der Waals surface area contributed by atoms with Gasteiger partial charge < -0.3 is 5.32 Å². The number of nitrogens with zero attached hydrogens (tertiary/aromatic N) is 5. The first-order chi connectivity index (χ1) is 9.76. The van der Waals surface area contributed by atoms with E-state index in [1.807, 2.05) is 11.7 Å². The van der Waals surface area contributed by atoms with Crippen LogP contribution in [0.25, 0.3) is 0 Å². The number of nitrogens with one attached hydrogen (secondary N) is 1. The minimum absolute atomic E-state index is 0.222. The molecule has 110 valence electrons. The minimum Gasteiger partial charge on any atom is -0.309 e. The molecule has 0 aliphatic carbocycles. The van der Waals surface area contributed by atoms with Crippen LogP contribution in [0.5, 0.6) is 0 Å². The van der Waals surface area contributed by atoms with Crippen molar-refractivity contribution in [3.05, 3.63) is 22.7 Å². The second-order valence-corrected chi connectivity index (χ2v) is 5.63. The van der Waals surface area contributed by atoms with Gasteiger partial charge in [-0.15, -0.1) is 5.10 Å². The van der Waals surface area contributed by atoms with Crippen LogP contribution in [0, 0.1) is 0 Å². The van der Waals surface area contributed by atoms with E-state index in [1.54, 1.807) is 6.33 Å². The van der Waals surface area contributed by atoms with Crippen LogP contribution in [0.4, 0.5) is 0 Å². The Bertz CT molecular complexity index is 520. The van der Waals surface area contributed by atoms with Crippen LogP contribution >= 0.6 is 11.5 Å². The summed E-state index contributed by atoms with van der Waals surface area (Å²) >= 11 is 1.49. The fraction of sp³-hybridized carbons (Fsp3) is 0.692. The first kappa shape index (κ1) is 15.1. The Morgan fingerprint density at radius 1 is 1.35 bits per heavy atom. The highest BCUT2D eigenvalue weighted by molar-refractivity contribution is 7.05. The standard InChI is InChI=1S/C13H22N6S/c1-4-6-10-13(20-18-17-10)11(14-7-5-2)8-12-15-9-16-19(12)3/h9,11,14H,4-8H2,1-3H3. The lowest BCUT2D eigenvalue weighted by molar-refractivity contribution is 0.508. The summed E-state index contributed by atoms with van der Waals surface area (Å²) in [5.74, 6) is 0.981. The lowest BCUT2D eigenvalue weighted by Gasteiger charge is -2.17. The van der Waals surface area contributed by atoms with E-state index in [0.29, 0.717) is 0 Å². The molecule has 1 atom stereocenters. The van der Waals surface area contributed by atoms with Gasteiger partial charge in [-0.3, -0.25) is 4.68 Å². The van der Waals surface area contributed by atoms with Crippen molar-refractivity contribution in [3.63, 3.8) is 0 Å². The van der Waals surface area contributed by atoms with Gasteiger partial charge >= 0.3 is 0 Å². The van der Waals surface area contributed by atoms with E-state index in [9.17, 15) is 0 Å².